The van der Waals surface area contributed by atoms with Crippen LogP contribution in [0, 0.1) is 0 Å². The summed E-state index contributed by atoms with van der Waals surface area (Å²) in [5, 5.41) is 3.47. The number of thioether (sulfide) groups is 1. The maximum Gasteiger partial charge on any atom is 0.169 e. The van der Waals surface area contributed by atoms with E-state index in [0.29, 0.717) is 6.04 Å². The molecule has 1 saturated heterocycles. The molecule has 0 radical (unpaired) electrons. The van der Waals surface area contributed by atoms with Crippen molar-refractivity contribution in [3.05, 3.63) is 66.5 Å². The second-order valence-corrected chi connectivity index (χ2v) is 7.36. The first-order valence-electron chi connectivity index (χ1n) is 8.31. The highest BCUT2D eigenvalue weighted by Gasteiger charge is 2.35. The molecule has 1 aromatic heterocycles. The first kappa shape index (κ1) is 14.1. The van der Waals surface area contributed by atoms with Gasteiger partial charge in [-0.3, -0.25) is 4.98 Å². The number of hydrogen-bond donors (Lipinski definition) is 0. The van der Waals surface area contributed by atoms with Crippen molar-refractivity contribution in [2.45, 2.75) is 18.9 Å². The molecule has 2 aliphatic heterocycles. The van der Waals surface area contributed by atoms with Crippen molar-refractivity contribution in [1.29, 1.82) is 0 Å². The Morgan fingerprint density at radius 2 is 2.04 bits per heavy atom. The van der Waals surface area contributed by atoms with Crippen LogP contribution in [0.25, 0.3) is 10.8 Å². The van der Waals surface area contributed by atoms with E-state index in [9.17, 15) is 0 Å². The van der Waals surface area contributed by atoms with Crippen LogP contribution in [0.2, 0.25) is 0 Å². The van der Waals surface area contributed by atoms with Gasteiger partial charge in [0.2, 0.25) is 0 Å². The first-order chi connectivity index (χ1) is 11.9. The van der Waals surface area contributed by atoms with Crippen molar-refractivity contribution < 1.29 is 0 Å². The van der Waals surface area contributed by atoms with E-state index in [-0.39, 0.29) is 0 Å². The summed E-state index contributed by atoms with van der Waals surface area (Å²) in [7, 11) is 0. The Balaban J connectivity index is 1.58. The standard InChI is InChI=1S/C20H17N3S/c1-2-4-19-15(3-1)12-18-8-10-24-20(23(18)19)22-17-6-5-16-13-21-9-7-14(16)11-17/h1-7,9,11,13,18H,8,10,12H2. The molecule has 2 aliphatic rings. The second-order valence-electron chi connectivity index (χ2n) is 6.30. The molecule has 0 aliphatic carbocycles. The van der Waals surface area contributed by atoms with E-state index in [1.807, 2.05) is 30.2 Å². The summed E-state index contributed by atoms with van der Waals surface area (Å²) in [5.41, 5.74) is 3.79. The lowest BCUT2D eigenvalue weighted by atomic mass is 10.1. The van der Waals surface area contributed by atoms with Gasteiger partial charge in [-0.2, -0.15) is 0 Å². The van der Waals surface area contributed by atoms with Gasteiger partial charge in [-0.25, -0.2) is 4.99 Å². The Bertz CT molecular complexity index is 950. The Morgan fingerprint density at radius 1 is 1.08 bits per heavy atom. The van der Waals surface area contributed by atoms with Gasteiger partial charge in [-0.1, -0.05) is 36.0 Å². The van der Waals surface area contributed by atoms with Gasteiger partial charge in [0, 0.05) is 35.3 Å². The summed E-state index contributed by atoms with van der Waals surface area (Å²) in [5.74, 6) is 1.14. The van der Waals surface area contributed by atoms with Crippen LogP contribution in [0.1, 0.15) is 12.0 Å². The summed E-state index contributed by atoms with van der Waals surface area (Å²) in [6.07, 6.45) is 6.09. The topological polar surface area (TPSA) is 28.5 Å². The van der Waals surface area contributed by atoms with Crippen molar-refractivity contribution in [3.8, 4) is 0 Å². The minimum absolute atomic E-state index is 0.562. The van der Waals surface area contributed by atoms with Crippen LogP contribution in [0.4, 0.5) is 11.4 Å². The van der Waals surface area contributed by atoms with Crippen LogP contribution < -0.4 is 4.90 Å². The predicted molar refractivity (Wildman–Crippen MR) is 102 cm³/mol. The third-order valence-electron chi connectivity index (χ3n) is 4.81. The zero-order chi connectivity index (χ0) is 15.9. The molecule has 1 fully saturated rings. The fourth-order valence-electron chi connectivity index (χ4n) is 3.64. The molecule has 0 saturated carbocycles. The number of hydrogen-bond acceptors (Lipinski definition) is 3. The van der Waals surface area contributed by atoms with Gasteiger partial charge < -0.3 is 4.90 Å². The number of aliphatic imine (C=N–C) groups is 1. The van der Waals surface area contributed by atoms with Gasteiger partial charge in [0.05, 0.1) is 5.69 Å². The molecule has 5 rings (SSSR count). The van der Waals surface area contributed by atoms with Gasteiger partial charge in [-0.15, -0.1) is 0 Å². The Hall–Kier alpha value is -2.33. The van der Waals surface area contributed by atoms with Gasteiger partial charge in [0.15, 0.2) is 5.17 Å². The Labute approximate surface area is 145 Å². The van der Waals surface area contributed by atoms with Crippen molar-refractivity contribution in [3.63, 3.8) is 0 Å². The third-order valence-corrected chi connectivity index (χ3v) is 5.80. The van der Waals surface area contributed by atoms with E-state index >= 15 is 0 Å². The highest BCUT2D eigenvalue weighted by atomic mass is 32.2. The van der Waals surface area contributed by atoms with Crippen LogP contribution in [0.5, 0.6) is 0 Å². The van der Waals surface area contributed by atoms with Crippen LogP contribution in [-0.2, 0) is 6.42 Å². The van der Waals surface area contributed by atoms with E-state index in [1.54, 1.807) is 0 Å². The number of rotatable bonds is 1. The predicted octanol–water partition coefficient (Wildman–Crippen LogP) is 4.79. The average Bonchev–Trinajstić information content (AvgIpc) is 3.01. The number of fused-ring (bicyclic) bond motifs is 4. The summed E-state index contributed by atoms with van der Waals surface area (Å²) >= 11 is 1.87. The fourth-order valence-corrected chi connectivity index (χ4v) is 4.77. The quantitative estimate of drug-likeness (QED) is 0.642. The van der Waals surface area contributed by atoms with Gasteiger partial charge in [0.25, 0.3) is 0 Å². The number of para-hydroxylation sites is 1. The number of aromatic nitrogens is 1. The molecular formula is C20H17N3S. The summed E-state index contributed by atoms with van der Waals surface area (Å²) in [4.78, 5) is 11.6. The number of nitrogens with zero attached hydrogens (tertiary/aromatic N) is 3. The smallest absolute Gasteiger partial charge is 0.169 e. The van der Waals surface area contributed by atoms with Gasteiger partial charge in [-0.05, 0) is 48.1 Å². The van der Waals surface area contributed by atoms with Crippen LogP contribution in [0.3, 0.4) is 0 Å². The molecule has 1 unspecified atom stereocenters. The van der Waals surface area contributed by atoms with Crippen molar-refractivity contribution in [2.75, 3.05) is 10.7 Å². The summed E-state index contributed by atoms with van der Waals surface area (Å²) in [6, 6.07) is 17.7. The molecular weight excluding hydrogens is 314 g/mol. The van der Waals surface area contributed by atoms with Gasteiger partial charge in [0.1, 0.15) is 0 Å². The largest absolute Gasteiger partial charge is 0.317 e. The minimum Gasteiger partial charge on any atom is -0.317 e. The Morgan fingerprint density at radius 3 is 3.04 bits per heavy atom. The molecule has 1 atom stereocenters. The molecule has 118 valence electrons. The molecule has 3 heterocycles. The molecule has 24 heavy (non-hydrogen) atoms. The molecule has 3 aromatic rings. The highest BCUT2D eigenvalue weighted by molar-refractivity contribution is 8.14. The second kappa shape index (κ2) is 5.64. The van der Waals surface area contributed by atoms with E-state index < -0.39 is 0 Å². The maximum atomic E-state index is 4.99. The average molecular weight is 331 g/mol. The number of amidine groups is 1. The zero-order valence-corrected chi connectivity index (χ0v) is 14.0. The Kier molecular flexibility index (Phi) is 3.30. The number of anilines is 1. The van der Waals surface area contributed by atoms with Crippen molar-refractivity contribution in [2.24, 2.45) is 4.99 Å². The number of pyridine rings is 1. The first-order valence-corrected chi connectivity index (χ1v) is 9.29. The lowest BCUT2D eigenvalue weighted by molar-refractivity contribution is 0.675. The fraction of sp³-hybridized carbons (Fsp3) is 0.200. The monoisotopic (exact) mass is 331 g/mol. The van der Waals surface area contributed by atoms with Gasteiger partial charge >= 0.3 is 0 Å². The van der Waals surface area contributed by atoms with E-state index in [2.05, 4.69) is 52.3 Å². The molecule has 3 nitrogen and oxygen atoms in total. The van der Waals surface area contributed by atoms with Crippen LogP contribution in [0.15, 0.2) is 65.9 Å². The third kappa shape index (κ3) is 2.29. The maximum absolute atomic E-state index is 4.99. The SMILES string of the molecule is c1ccc2c(c1)CC1CCSC(=Nc3ccc4cnccc4c3)N21. The summed E-state index contributed by atoms with van der Waals surface area (Å²) < 4.78 is 0. The van der Waals surface area contributed by atoms with Crippen LogP contribution in [-0.4, -0.2) is 21.9 Å². The van der Waals surface area contributed by atoms with Crippen molar-refractivity contribution >= 4 is 39.1 Å². The highest BCUT2D eigenvalue weighted by Crippen LogP contribution is 2.40. The van der Waals surface area contributed by atoms with Crippen molar-refractivity contribution in [1.82, 2.24) is 4.98 Å². The molecule has 2 aromatic carbocycles. The minimum atomic E-state index is 0.562. The van der Waals surface area contributed by atoms with Crippen LogP contribution >= 0.6 is 11.8 Å². The lowest BCUT2D eigenvalue weighted by Gasteiger charge is -2.32. The number of benzene rings is 2. The summed E-state index contributed by atoms with van der Waals surface area (Å²) in [6.45, 7) is 0. The molecule has 0 N–H and O–H groups in total. The van der Waals surface area contributed by atoms with E-state index in [4.69, 9.17) is 4.99 Å². The zero-order valence-electron chi connectivity index (χ0n) is 13.2. The molecule has 0 bridgehead atoms. The normalized spacial score (nSPS) is 21.1. The van der Waals surface area contributed by atoms with E-state index in [1.165, 1.54) is 23.1 Å². The molecule has 0 amide bonds. The molecule has 4 heteroatoms. The molecule has 0 spiro atoms. The lowest BCUT2D eigenvalue weighted by Crippen LogP contribution is -2.40. The van der Waals surface area contributed by atoms with E-state index in [0.717, 1.165) is 28.4 Å².